The highest BCUT2D eigenvalue weighted by Crippen LogP contribution is 2.64. The van der Waals surface area contributed by atoms with Gasteiger partial charge in [-0.25, -0.2) is 0 Å². The third-order valence-electron chi connectivity index (χ3n) is 5.14. The summed E-state index contributed by atoms with van der Waals surface area (Å²) in [4.78, 5) is 37.1. The van der Waals surface area contributed by atoms with Crippen molar-refractivity contribution >= 4 is 46.7 Å². The zero-order chi connectivity index (χ0) is 21.9. The van der Waals surface area contributed by atoms with E-state index in [0.29, 0.717) is 11.3 Å². The molecule has 3 rings (SSSR count). The van der Waals surface area contributed by atoms with Gasteiger partial charge < -0.3 is 15.4 Å². The smallest absolute Gasteiger partial charge is 0.315 e. The Hall–Kier alpha value is -2.57. The Labute approximate surface area is 184 Å². The summed E-state index contributed by atoms with van der Waals surface area (Å²) < 4.78 is 3.87. The molecule has 1 aliphatic carbocycles. The average molecular weight is 449 g/mol. The number of para-hydroxylation sites is 1. The van der Waals surface area contributed by atoms with E-state index in [2.05, 4.69) is 10.6 Å². The highest BCUT2D eigenvalue weighted by Gasteiger charge is 2.69. The van der Waals surface area contributed by atoms with Gasteiger partial charge in [-0.05, 0) is 31.5 Å². The number of alkyl halides is 2. The number of ether oxygens (including phenoxy) is 1. The van der Waals surface area contributed by atoms with Crippen molar-refractivity contribution in [2.45, 2.75) is 30.6 Å². The Morgan fingerprint density at radius 1 is 1.07 bits per heavy atom. The molecule has 1 fully saturated rings. The van der Waals surface area contributed by atoms with Crippen LogP contribution in [0.5, 0.6) is 0 Å². The van der Waals surface area contributed by atoms with Gasteiger partial charge in [-0.3, -0.25) is 14.4 Å². The number of carbonyl (C=O) groups is 3. The fourth-order valence-electron chi connectivity index (χ4n) is 2.99. The minimum absolute atomic E-state index is 0.214. The Kier molecular flexibility index (Phi) is 6.38. The standard InChI is InChI=1S/C22H22Cl2N2O4/c1-14(15-8-4-3-5-9-15)25-19(28)16-10-6-7-11-17(16)26-18(27)12-30-20(29)21(2)13-22(21,23)24/h3-11,14H,12-13H2,1-2H3,(H,25,28)(H,26,27)/t14-,21+/m1/s1. The third-order valence-corrected chi connectivity index (χ3v) is 6.24. The molecule has 0 spiro atoms. The predicted octanol–water partition coefficient (Wildman–Crippen LogP) is 4.24. The summed E-state index contributed by atoms with van der Waals surface area (Å²) in [5.41, 5.74) is 0.567. The number of anilines is 1. The van der Waals surface area contributed by atoms with Crippen LogP contribution in [-0.4, -0.2) is 28.7 Å². The summed E-state index contributed by atoms with van der Waals surface area (Å²) >= 11 is 11.9. The predicted molar refractivity (Wildman–Crippen MR) is 116 cm³/mol. The molecule has 6 nitrogen and oxygen atoms in total. The lowest BCUT2D eigenvalue weighted by atomic mass is 10.1. The van der Waals surface area contributed by atoms with E-state index in [9.17, 15) is 14.4 Å². The molecule has 0 unspecified atom stereocenters. The lowest BCUT2D eigenvalue weighted by Gasteiger charge is -2.16. The number of benzene rings is 2. The molecule has 1 saturated carbocycles. The highest BCUT2D eigenvalue weighted by molar-refractivity contribution is 6.53. The second-order valence-corrected chi connectivity index (χ2v) is 8.97. The van der Waals surface area contributed by atoms with Crippen molar-refractivity contribution in [3.05, 3.63) is 65.7 Å². The van der Waals surface area contributed by atoms with Gasteiger partial charge in [-0.2, -0.15) is 0 Å². The second-order valence-electron chi connectivity index (χ2n) is 7.49. The summed E-state index contributed by atoms with van der Waals surface area (Å²) in [6, 6.07) is 15.9. The first kappa shape index (κ1) is 22.1. The van der Waals surface area contributed by atoms with E-state index < -0.39 is 28.2 Å². The molecule has 0 radical (unpaired) electrons. The summed E-state index contributed by atoms with van der Waals surface area (Å²) in [5, 5.41) is 5.52. The van der Waals surface area contributed by atoms with Crippen molar-refractivity contribution in [3.8, 4) is 0 Å². The largest absolute Gasteiger partial charge is 0.455 e. The molecule has 1 aliphatic rings. The van der Waals surface area contributed by atoms with Crippen LogP contribution in [0.3, 0.4) is 0 Å². The van der Waals surface area contributed by atoms with E-state index in [1.54, 1.807) is 31.2 Å². The van der Waals surface area contributed by atoms with Crippen LogP contribution >= 0.6 is 23.2 Å². The summed E-state index contributed by atoms with van der Waals surface area (Å²) in [6.45, 7) is 2.95. The number of nitrogens with one attached hydrogen (secondary N) is 2. The maximum Gasteiger partial charge on any atom is 0.315 e. The second kappa shape index (κ2) is 8.66. The van der Waals surface area contributed by atoms with Crippen LogP contribution in [0.1, 0.15) is 42.2 Å². The zero-order valence-corrected chi connectivity index (χ0v) is 18.1. The number of carbonyl (C=O) groups excluding carboxylic acids is 3. The van der Waals surface area contributed by atoms with Gasteiger partial charge >= 0.3 is 5.97 Å². The molecule has 2 amide bonds. The molecule has 0 bridgehead atoms. The molecular weight excluding hydrogens is 427 g/mol. The first-order valence-corrected chi connectivity index (χ1v) is 10.2. The molecule has 2 atom stereocenters. The van der Waals surface area contributed by atoms with Gasteiger partial charge in [0.15, 0.2) is 6.61 Å². The van der Waals surface area contributed by atoms with Crippen LogP contribution in [0.25, 0.3) is 0 Å². The van der Waals surface area contributed by atoms with Gasteiger partial charge in [-0.15, -0.1) is 23.2 Å². The molecule has 158 valence electrons. The van der Waals surface area contributed by atoms with Gasteiger partial charge in [-0.1, -0.05) is 42.5 Å². The van der Waals surface area contributed by atoms with Gasteiger partial charge in [0.25, 0.3) is 11.8 Å². The topological polar surface area (TPSA) is 84.5 Å². The summed E-state index contributed by atoms with van der Waals surface area (Å²) in [7, 11) is 0. The number of hydrogen-bond acceptors (Lipinski definition) is 4. The fourth-order valence-corrected chi connectivity index (χ4v) is 3.68. The minimum Gasteiger partial charge on any atom is -0.455 e. The first-order valence-electron chi connectivity index (χ1n) is 9.44. The van der Waals surface area contributed by atoms with Crippen LogP contribution in [0.2, 0.25) is 0 Å². The number of rotatable bonds is 7. The van der Waals surface area contributed by atoms with Crippen LogP contribution in [0.15, 0.2) is 54.6 Å². The van der Waals surface area contributed by atoms with Crippen molar-refractivity contribution in [2.24, 2.45) is 5.41 Å². The number of amides is 2. The van der Waals surface area contributed by atoms with E-state index in [0.717, 1.165) is 5.56 Å². The van der Waals surface area contributed by atoms with Crippen molar-refractivity contribution in [1.29, 1.82) is 0 Å². The van der Waals surface area contributed by atoms with E-state index in [4.69, 9.17) is 27.9 Å². The summed E-state index contributed by atoms with van der Waals surface area (Å²) in [6.07, 6.45) is 0.270. The first-order chi connectivity index (χ1) is 14.1. The van der Waals surface area contributed by atoms with Crippen molar-refractivity contribution in [2.75, 3.05) is 11.9 Å². The van der Waals surface area contributed by atoms with Crippen molar-refractivity contribution < 1.29 is 19.1 Å². The quantitative estimate of drug-likeness (QED) is 0.489. The monoisotopic (exact) mass is 448 g/mol. The van der Waals surface area contributed by atoms with Crippen LogP contribution in [0, 0.1) is 5.41 Å². The average Bonchev–Trinajstić information content (AvgIpc) is 3.25. The van der Waals surface area contributed by atoms with Crippen LogP contribution < -0.4 is 10.6 Å². The lowest BCUT2D eigenvalue weighted by Crippen LogP contribution is -2.29. The van der Waals surface area contributed by atoms with Crippen LogP contribution in [0.4, 0.5) is 5.69 Å². The van der Waals surface area contributed by atoms with Crippen LogP contribution in [-0.2, 0) is 14.3 Å². The Morgan fingerprint density at radius 2 is 1.67 bits per heavy atom. The molecular formula is C22H22Cl2N2O4. The van der Waals surface area contributed by atoms with E-state index in [1.165, 1.54) is 0 Å². The molecule has 8 heteroatoms. The van der Waals surface area contributed by atoms with Gasteiger partial charge in [0.1, 0.15) is 9.75 Å². The number of hydrogen-bond donors (Lipinski definition) is 2. The maximum absolute atomic E-state index is 12.7. The highest BCUT2D eigenvalue weighted by atomic mass is 35.5. The van der Waals surface area contributed by atoms with Crippen molar-refractivity contribution in [3.63, 3.8) is 0 Å². The lowest BCUT2D eigenvalue weighted by molar-refractivity contribution is -0.152. The van der Waals surface area contributed by atoms with E-state index >= 15 is 0 Å². The Morgan fingerprint density at radius 3 is 2.30 bits per heavy atom. The fraction of sp³-hybridized carbons (Fsp3) is 0.318. The molecule has 2 aromatic carbocycles. The molecule has 0 heterocycles. The number of halogens is 2. The van der Waals surface area contributed by atoms with Gasteiger partial charge in [0.2, 0.25) is 0 Å². The summed E-state index contributed by atoms with van der Waals surface area (Å²) in [5.74, 6) is -1.54. The van der Waals surface area contributed by atoms with E-state index in [-0.39, 0.29) is 18.4 Å². The zero-order valence-electron chi connectivity index (χ0n) is 16.6. The minimum atomic E-state index is -1.17. The normalized spacial score (nSPS) is 20.0. The molecule has 30 heavy (non-hydrogen) atoms. The molecule has 0 saturated heterocycles. The molecule has 0 aromatic heterocycles. The SMILES string of the molecule is C[C@@H](NC(=O)c1ccccc1NC(=O)COC(=O)[C@]1(C)CC1(Cl)Cl)c1ccccc1. The molecule has 2 N–H and O–H groups in total. The number of esters is 1. The van der Waals surface area contributed by atoms with E-state index in [1.807, 2.05) is 37.3 Å². The maximum atomic E-state index is 12.7. The molecule has 2 aromatic rings. The Bertz CT molecular complexity index is 965. The third kappa shape index (κ3) is 4.77. The molecule has 0 aliphatic heterocycles. The Balaban J connectivity index is 1.60. The van der Waals surface area contributed by atoms with Gasteiger partial charge in [0, 0.05) is 6.42 Å². The van der Waals surface area contributed by atoms with Gasteiger partial charge in [0.05, 0.1) is 17.3 Å². The van der Waals surface area contributed by atoms with Crippen molar-refractivity contribution in [1.82, 2.24) is 5.32 Å².